The second-order valence-corrected chi connectivity index (χ2v) is 4.85. The summed E-state index contributed by atoms with van der Waals surface area (Å²) in [7, 11) is 0. The zero-order valence-corrected chi connectivity index (χ0v) is 12.7. The molecule has 0 saturated carbocycles. The van der Waals surface area contributed by atoms with Crippen molar-refractivity contribution in [1.82, 2.24) is 14.8 Å². The number of aromatic nitrogens is 3. The highest BCUT2D eigenvalue weighted by molar-refractivity contribution is 6.04. The van der Waals surface area contributed by atoms with Crippen molar-refractivity contribution >= 4 is 17.4 Å². The first kappa shape index (κ1) is 15.0. The van der Waals surface area contributed by atoms with Gasteiger partial charge in [0, 0.05) is 30.5 Å². The number of rotatable bonds is 6. The molecule has 6 nitrogen and oxygen atoms in total. The second-order valence-electron chi connectivity index (χ2n) is 4.85. The molecule has 0 aliphatic rings. The zero-order chi connectivity index (χ0) is 15.2. The van der Waals surface area contributed by atoms with E-state index in [0.29, 0.717) is 11.3 Å². The van der Waals surface area contributed by atoms with Crippen LogP contribution in [-0.4, -0.2) is 27.2 Å². The van der Waals surface area contributed by atoms with Crippen LogP contribution in [0, 0.1) is 6.92 Å². The van der Waals surface area contributed by atoms with Gasteiger partial charge in [-0.3, -0.25) is 9.48 Å². The number of hydrogen-bond acceptors (Lipinski definition) is 4. The monoisotopic (exact) mass is 287 g/mol. The second kappa shape index (κ2) is 6.88. The number of carbonyl (C=O) groups is 1. The number of carbonyl (C=O) groups excluding carboxylic acids is 1. The van der Waals surface area contributed by atoms with Crippen LogP contribution >= 0.6 is 0 Å². The summed E-state index contributed by atoms with van der Waals surface area (Å²) in [5.74, 6) is 0.571. The van der Waals surface area contributed by atoms with Crippen molar-refractivity contribution in [3.63, 3.8) is 0 Å². The molecular formula is C15H21N5O. The van der Waals surface area contributed by atoms with Crippen LogP contribution in [-0.2, 0) is 6.54 Å². The van der Waals surface area contributed by atoms with Gasteiger partial charge in [0.15, 0.2) is 0 Å². The third kappa shape index (κ3) is 4.05. The fraction of sp³-hybridized carbons (Fsp3) is 0.400. The lowest BCUT2D eigenvalue weighted by Gasteiger charge is -2.08. The Morgan fingerprint density at radius 2 is 2.14 bits per heavy atom. The molecule has 0 aliphatic carbocycles. The van der Waals surface area contributed by atoms with Crippen LogP contribution in [0.1, 0.15) is 36.3 Å². The number of amides is 1. The van der Waals surface area contributed by atoms with Crippen LogP contribution in [0.3, 0.4) is 0 Å². The van der Waals surface area contributed by atoms with Gasteiger partial charge < -0.3 is 10.6 Å². The molecule has 6 heteroatoms. The van der Waals surface area contributed by atoms with Crippen molar-refractivity contribution in [2.45, 2.75) is 33.7 Å². The minimum absolute atomic E-state index is 0.157. The van der Waals surface area contributed by atoms with E-state index < -0.39 is 0 Å². The Balaban J connectivity index is 2.12. The maximum atomic E-state index is 12.3. The Morgan fingerprint density at radius 3 is 2.81 bits per heavy atom. The van der Waals surface area contributed by atoms with Crippen LogP contribution in [0.5, 0.6) is 0 Å². The van der Waals surface area contributed by atoms with E-state index in [1.54, 1.807) is 23.0 Å². The highest BCUT2D eigenvalue weighted by Gasteiger charge is 2.10. The molecule has 1 amide bonds. The van der Waals surface area contributed by atoms with E-state index in [0.717, 1.165) is 31.0 Å². The molecule has 0 radical (unpaired) electrons. The average Bonchev–Trinajstić information content (AvgIpc) is 2.92. The molecule has 0 aliphatic heterocycles. The van der Waals surface area contributed by atoms with E-state index in [-0.39, 0.29) is 5.91 Å². The summed E-state index contributed by atoms with van der Waals surface area (Å²) in [6, 6.07) is 3.54. The van der Waals surface area contributed by atoms with E-state index in [4.69, 9.17) is 0 Å². The lowest BCUT2D eigenvalue weighted by molar-refractivity contribution is 0.102. The Bertz CT molecular complexity index is 620. The maximum absolute atomic E-state index is 12.3. The number of aryl methyl sites for hydroxylation is 2. The minimum atomic E-state index is -0.157. The molecule has 2 heterocycles. The van der Waals surface area contributed by atoms with Gasteiger partial charge in [-0.05, 0) is 32.4 Å². The summed E-state index contributed by atoms with van der Waals surface area (Å²) >= 11 is 0. The summed E-state index contributed by atoms with van der Waals surface area (Å²) in [6.45, 7) is 7.57. The van der Waals surface area contributed by atoms with Gasteiger partial charge in [-0.15, -0.1) is 0 Å². The summed E-state index contributed by atoms with van der Waals surface area (Å²) in [4.78, 5) is 16.7. The molecule has 0 aromatic carbocycles. The molecule has 2 N–H and O–H groups in total. The van der Waals surface area contributed by atoms with E-state index >= 15 is 0 Å². The van der Waals surface area contributed by atoms with E-state index in [2.05, 4.69) is 27.6 Å². The molecule has 0 fully saturated rings. The molecule has 0 unspecified atom stereocenters. The van der Waals surface area contributed by atoms with Crippen LogP contribution in [0.15, 0.2) is 24.5 Å². The normalized spacial score (nSPS) is 10.4. The fourth-order valence-corrected chi connectivity index (χ4v) is 1.95. The van der Waals surface area contributed by atoms with Gasteiger partial charge in [0.2, 0.25) is 0 Å². The van der Waals surface area contributed by atoms with Gasteiger partial charge >= 0.3 is 0 Å². The van der Waals surface area contributed by atoms with Crippen molar-refractivity contribution in [2.24, 2.45) is 0 Å². The van der Waals surface area contributed by atoms with Gasteiger partial charge in [0.05, 0.1) is 11.9 Å². The van der Waals surface area contributed by atoms with E-state index in [1.807, 2.05) is 20.0 Å². The predicted molar refractivity (Wildman–Crippen MR) is 83.6 cm³/mol. The van der Waals surface area contributed by atoms with Crippen LogP contribution in [0.25, 0.3) is 0 Å². The number of pyridine rings is 1. The summed E-state index contributed by atoms with van der Waals surface area (Å²) < 4.78 is 1.77. The molecule has 2 rings (SSSR count). The van der Waals surface area contributed by atoms with Crippen molar-refractivity contribution in [3.05, 3.63) is 35.8 Å². The maximum Gasteiger partial charge on any atom is 0.255 e. The minimum Gasteiger partial charge on any atom is -0.370 e. The third-order valence-electron chi connectivity index (χ3n) is 2.99. The van der Waals surface area contributed by atoms with Gasteiger partial charge in [-0.25, -0.2) is 4.98 Å². The number of hydrogen-bond donors (Lipinski definition) is 2. The first-order valence-corrected chi connectivity index (χ1v) is 7.18. The molecular weight excluding hydrogens is 266 g/mol. The molecule has 0 saturated heterocycles. The lowest BCUT2D eigenvalue weighted by atomic mass is 10.2. The van der Waals surface area contributed by atoms with Crippen LogP contribution < -0.4 is 10.6 Å². The Morgan fingerprint density at radius 1 is 1.33 bits per heavy atom. The molecule has 0 atom stereocenters. The van der Waals surface area contributed by atoms with Gasteiger partial charge in [-0.2, -0.15) is 5.10 Å². The van der Waals surface area contributed by atoms with Gasteiger partial charge in [-0.1, -0.05) is 6.92 Å². The van der Waals surface area contributed by atoms with Crippen LogP contribution in [0.4, 0.5) is 11.5 Å². The van der Waals surface area contributed by atoms with E-state index in [9.17, 15) is 4.79 Å². The summed E-state index contributed by atoms with van der Waals surface area (Å²) in [6.07, 6.45) is 4.46. The van der Waals surface area contributed by atoms with E-state index in [1.165, 1.54) is 0 Å². The Labute approximate surface area is 124 Å². The third-order valence-corrected chi connectivity index (χ3v) is 2.99. The molecule has 21 heavy (non-hydrogen) atoms. The SMILES string of the molecule is CCCNc1cc(C(=O)Nc2cnn(CC)c2)cc(C)n1. The summed E-state index contributed by atoms with van der Waals surface area (Å²) in [5, 5.41) is 10.2. The Hall–Kier alpha value is -2.37. The van der Waals surface area contributed by atoms with Crippen molar-refractivity contribution in [2.75, 3.05) is 17.2 Å². The smallest absolute Gasteiger partial charge is 0.255 e. The largest absolute Gasteiger partial charge is 0.370 e. The topological polar surface area (TPSA) is 71.8 Å². The predicted octanol–water partition coefficient (Wildman–Crippen LogP) is 2.68. The van der Waals surface area contributed by atoms with Gasteiger partial charge in [0.1, 0.15) is 5.82 Å². The van der Waals surface area contributed by atoms with Crippen molar-refractivity contribution < 1.29 is 4.79 Å². The highest BCUT2D eigenvalue weighted by Crippen LogP contribution is 2.13. The number of nitrogens with zero attached hydrogens (tertiary/aromatic N) is 3. The number of anilines is 2. The molecule has 2 aromatic rings. The van der Waals surface area contributed by atoms with Crippen molar-refractivity contribution in [3.8, 4) is 0 Å². The fourth-order valence-electron chi connectivity index (χ4n) is 1.95. The first-order valence-electron chi connectivity index (χ1n) is 7.18. The van der Waals surface area contributed by atoms with Crippen molar-refractivity contribution in [1.29, 1.82) is 0 Å². The number of nitrogens with one attached hydrogen (secondary N) is 2. The zero-order valence-electron chi connectivity index (χ0n) is 12.7. The Kier molecular flexibility index (Phi) is 4.92. The molecule has 0 spiro atoms. The quantitative estimate of drug-likeness (QED) is 0.857. The highest BCUT2D eigenvalue weighted by atomic mass is 16.1. The molecule has 112 valence electrons. The first-order chi connectivity index (χ1) is 10.1. The summed E-state index contributed by atoms with van der Waals surface area (Å²) in [5.41, 5.74) is 2.09. The molecule has 2 aromatic heterocycles. The lowest BCUT2D eigenvalue weighted by Crippen LogP contribution is -2.13. The standard InChI is InChI=1S/C15H21N5O/c1-4-6-16-14-8-12(7-11(3)18-14)15(21)19-13-9-17-20(5-2)10-13/h7-10H,4-6H2,1-3H3,(H,16,18)(H,19,21). The van der Waals surface area contributed by atoms with Gasteiger partial charge in [0.25, 0.3) is 5.91 Å². The van der Waals surface area contributed by atoms with Crippen LogP contribution in [0.2, 0.25) is 0 Å². The molecule has 0 bridgehead atoms. The average molecular weight is 287 g/mol.